The molecule has 2 aromatic rings. The third-order valence-corrected chi connectivity index (χ3v) is 4.10. The molecular formula is C18H26N4O2. The van der Waals surface area contributed by atoms with Crippen molar-refractivity contribution in [1.82, 2.24) is 19.9 Å². The zero-order valence-corrected chi connectivity index (χ0v) is 15.0. The summed E-state index contributed by atoms with van der Waals surface area (Å²) in [7, 11) is 0. The molecule has 0 aliphatic heterocycles. The molecule has 130 valence electrons. The van der Waals surface area contributed by atoms with Crippen LogP contribution in [0, 0.1) is 5.41 Å². The molecule has 0 saturated heterocycles. The van der Waals surface area contributed by atoms with Crippen LogP contribution in [0.15, 0.2) is 35.6 Å². The number of rotatable bonds is 5. The SMILES string of the molecule is CC(C)c1ccc(C(=O)NC(Cn2ccnc2)C(C)(C)C)c(=O)[nH]1. The second-order valence-electron chi connectivity index (χ2n) is 7.46. The Hall–Kier alpha value is -2.37. The van der Waals surface area contributed by atoms with Crippen molar-refractivity contribution >= 4 is 5.91 Å². The maximum Gasteiger partial charge on any atom is 0.261 e. The molecule has 0 bridgehead atoms. The first-order chi connectivity index (χ1) is 11.2. The topological polar surface area (TPSA) is 79.8 Å². The van der Waals surface area contributed by atoms with Gasteiger partial charge in [0.2, 0.25) is 0 Å². The Bertz CT molecular complexity index is 739. The number of hydrogen-bond donors (Lipinski definition) is 2. The largest absolute Gasteiger partial charge is 0.347 e. The van der Waals surface area contributed by atoms with Crippen LogP contribution < -0.4 is 10.9 Å². The van der Waals surface area contributed by atoms with Crippen molar-refractivity contribution in [2.75, 3.05) is 0 Å². The number of amides is 1. The van der Waals surface area contributed by atoms with Gasteiger partial charge in [-0.1, -0.05) is 34.6 Å². The van der Waals surface area contributed by atoms with E-state index in [4.69, 9.17) is 0 Å². The molecule has 1 unspecified atom stereocenters. The molecule has 6 nitrogen and oxygen atoms in total. The van der Waals surface area contributed by atoms with Crippen molar-refractivity contribution in [2.45, 2.75) is 53.1 Å². The molecule has 1 atom stereocenters. The Labute approximate surface area is 142 Å². The minimum atomic E-state index is -0.355. The first-order valence-electron chi connectivity index (χ1n) is 8.18. The van der Waals surface area contributed by atoms with Crippen LogP contribution in [0.4, 0.5) is 0 Å². The van der Waals surface area contributed by atoms with Crippen molar-refractivity contribution in [3.05, 3.63) is 52.5 Å². The summed E-state index contributed by atoms with van der Waals surface area (Å²) in [4.78, 5) is 31.6. The van der Waals surface area contributed by atoms with E-state index in [2.05, 4.69) is 36.1 Å². The Morgan fingerprint density at radius 1 is 1.33 bits per heavy atom. The second kappa shape index (κ2) is 7.03. The predicted molar refractivity (Wildman–Crippen MR) is 94.1 cm³/mol. The van der Waals surface area contributed by atoms with Crippen molar-refractivity contribution in [1.29, 1.82) is 0 Å². The van der Waals surface area contributed by atoms with Crippen molar-refractivity contribution < 1.29 is 4.79 Å². The van der Waals surface area contributed by atoms with Crippen LogP contribution in [0.25, 0.3) is 0 Å². The lowest BCUT2D eigenvalue weighted by Gasteiger charge is -2.31. The van der Waals surface area contributed by atoms with E-state index in [1.807, 2.05) is 24.6 Å². The molecule has 2 heterocycles. The van der Waals surface area contributed by atoms with E-state index >= 15 is 0 Å². The van der Waals surface area contributed by atoms with Gasteiger partial charge < -0.3 is 14.9 Å². The van der Waals surface area contributed by atoms with E-state index in [0.717, 1.165) is 5.69 Å². The number of aromatic amines is 1. The third kappa shape index (κ3) is 4.34. The first kappa shape index (κ1) is 18.0. The van der Waals surface area contributed by atoms with E-state index < -0.39 is 0 Å². The number of pyridine rings is 1. The van der Waals surface area contributed by atoms with E-state index in [0.29, 0.717) is 6.54 Å². The monoisotopic (exact) mass is 330 g/mol. The number of nitrogens with one attached hydrogen (secondary N) is 2. The number of hydrogen-bond acceptors (Lipinski definition) is 3. The molecule has 2 rings (SSSR count). The molecule has 6 heteroatoms. The van der Waals surface area contributed by atoms with Crippen LogP contribution in [-0.4, -0.2) is 26.5 Å². The smallest absolute Gasteiger partial charge is 0.261 e. The minimum Gasteiger partial charge on any atom is -0.347 e. The quantitative estimate of drug-likeness (QED) is 0.884. The second-order valence-corrected chi connectivity index (χ2v) is 7.46. The van der Waals surface area contributed by atoms with Gasteiger partial charge in [-0.3, -0.25) is 9.59 Å². The number of aromatic nitrogens is 3. The first-order valence-corrected chi connectivity index (χ1v) is 8.18. The maximum absolute atomic E-state index is 12.6. The molecule has 24 heavy (non-hydrogen) atoms. The molecule has 0 fully saturated rings. The lowest BCUT2D eigenvalue weighted by molar-refractivity contribution is 0.0891. The van der Waals surface area contributed by atoms with Gasteiger partial charge in [0.1, 0.15) is 5.56 Å². The lowest BCUT2D eigenvalue weighted by atomic mass is 9.86. The van der Waals surface area contributed by atoms with Crippen LogP contribution in [0.3, 0.4) is 0 Å². The summed E-state index contributed by atoms with van der Waals surface area (Å²) >= 11 is 0. The summed E-state index contributed by atoms with van der Waals surface area (Å²) in [6, 6.07) is 3.26. The van der Waals surface area contributed by atoms with Gasteiger partial charge in [0.15, 0.2) is 0 Å². The summed E-state index contributed by atoms with van der Waals surface area (Å²) in [5.41, 5.74) is 0.445. The van der Waals surface area contributed by atoms with E-state index in [1.165, 1.54) is 0 Å². The number of H-pyrrole nitrogens is 1. The summed E-state index contributed by atoms with van der Waals surface area (Å²) in [6.07, 6.45) is 5.28. The predicted octanol–water partition coefficient (Wildman–Crippen LogP) is 2.54. The highest BCUT2D eigenvalue weighted by Gasteiger charge is 2.27. The van der Waals surface area contributed by atoms with Crippen LogP contribution in [-0.2, 0) is 6.54 Å². The van der Waals surface area contributed by atoms with Gasteiger partial charge >= 0.3 is 0 Å². The third-order valence-electron chi connectivity index (χ3n) is 4.10. The Morgan fingerprint density at radius 3 is 2.54 bits per heavy atom. The van der Waals surface area contributed by atoms with Gasteiger partial charge in [-0.2, -0.15) is 0 Å². The van der Waals surface area contributed by atoms with Gasteiger partial charge in [-0.25, -0.2) is 4.98 Å². The van der Waals surface area contributed by atoms with Crippen LogP contribution in [0.5, 0.6) is 0 Å². The normalized spacial score (nSPS) is 13.1. The molecule has 0 saturated carbocycles. The Morgan fingerprint density at radius 2 is 2.04 bits per heavy atom. The fourth-order valence-corrected chi connectivity index (χ4v) is 2.38. The van der Waals surface area contributed by atoms with Crippen LogP contribution >= 0.6 is 0 Å². The molecule has 0 aliphatic carbocycles. The number of imidazole rings is 1. The van der Waals surface area contributed by atoms with Crippen LogP contribution in [0.2, 0.25) is 0 Å². The standard InChI is InChI=1S/C18H26N4O2/c1-12(2)14-7-6-13(16(23)20-14)17(24)21-15(18(3,4)5)10-22-9-8-19-11-22/h6-9,11-12,15H,10H2,1-5H3,(H,20,23)(H,21,24). The highest BCUT2D eigenvalue weighted by molar-refractivity contribution is 5.94. The fourth-order valence-electron chi connectivity index (χ4n) is 2.38. The summed E-state index contributed by atoms with van der Waals surface area (Å²) in [6.45, 7) is 10.7. The zero-order valence-electron chi connectivity index (χ0n) is 15.0. The maximum atomic E-state index is 12.6. The average Bonchev–Trinajstić information content (AvgIpc) is 2.98. The van der Waals surface area contributed by atoms with Crippen molar-refractivity contribution in [3.63, 3.8) is 0 Å². The molecular weight excluding hydrogens is 304 g/mol. The lowest BCUT2D eigenvalue weighted by Crippen LogP contribution is -2.47. The van der Waals surface area contributed by atoms with E-state index in [1.54, 1.807) is 24.7 Å². The van der Waals surface area contributed by atoms with E-state index in [-0.39, 0.29) is 34.4 Å². The van der Waals surface area contributed by atoms with E-state index in [9.17, 15) is 9.59 Å². The summed E-state index contributed by atoms with van der Waals surface area (Å²) in [5, 5.41) is 2.99. The van der Waals surface area contributed by atoms with Gasteiger partial charge in [-0.15, -0.1) is 0 Å². The van der Waals surface area contributed by atoms with Gasteiger partial charge in [0.05, 0.1) is 12.4 Å². The van der Waals surface area contributed by atoms with Gasteiger partial charge in [0, 0.05) is 24.6 Å². The van der Waals surface area contributed by atoms with Gasteiger partial charge in [-0.05, 0) is 23.5 Å². The highest BCUT2D eigenvalue weighted by Crippen LogP contribution is 2.21. The number of nitrogens with zero attached hydrogens (tertiary/aromatic N) is 2. The fraction of sp³-hybridized carbons (Fsp3) is 0.500. The molecule has 0 radical (unpaired) electrons. The summed E-state index contributed by atoms with van der Waals surface area (Å²) in [5.74, 6) is -0.148. The summed E-state index contributed by atoms with van der Waals surface area (Å²) < 4.78 is 1.92. The van der Waals surface area contributed by atoms with Gasteiger partial charge in [0.25, 0.3) is 11.5 Å². The Kier molecular flexibility index (Phi) is 5.26. The average molecular weight is 330 g/mol. The van der Waals surface area contributed by atoms with Crippen LogP contribution in [0.1, 0.15) is 56.6 Å². The molecule has 1 amide bonds. The Balaban J connectivity index is 2.20. The van der Waals surface area contributed by atoms with Crippen molar-refractivity contribution in [3.8, 4) is 0 Å². The molecule has 0 spiro atoms. The van der Waals surface area contributed by atoms with Crippen molar-refractivity contribution in [2.24, 2.45) is 5.41 Å². The highest BCUT2D eigenvalue weighted by atomic mass is 16.2. The molecule has 2 N–H and O–H groups in total. The minimum absolute atomic E-state index is 0.136. The number of carbonyl (C=O) groups is 1. The number of carbonyl (C=O) groups excluding carboxylic acids is 1. The zero-order chi connectivity index (χ0) is 17.9. The molecule has 2 aromatic heterocycles. The molecule has 0 aliphatic rings. The molecule has 0 aromatic carbocycles.